The maximum absolute atomic E-state index is 13.2. The van der Waals surface area contributed by atoms with Gasteiger partial charge in [-0.1, -0.05) is 12.1 Å². The number of imide groups is 1. The highest BCUT2D eigenvalue weighted by atomic mass is 16.5. The fourth-order valence-electron chi connectivity index (χ4n) is 6.59. The van der Waals surface area contributed by atoms with Crippen molar-refractivity contribution in [2.24, 2.45) is 7.05 Å². The molecular formula is C28H29N5O4. The van der Waals surface area contributed by atoms with Crippen molar-refractivity contribution in [2.75, 3.05) is 19.7 Å². The lowest BCUT2D eigenvalue weighted by Gasteiger charge is -2.38. The molecule has 37 heavy (non-hydrogen) atoms. The minimum absolute atomic E-state index is 0.0493. The summed E-state index contributed by atoms with van der Waals surface area (Å²) in [6.07, 6.45) is 4.56. The van der Waals surface area contributed by atoms with Gasteiger partial charge >= 0.3 is 0 Å². The molecule has 0 bridgehead atoms. The summed E-state index contributed by atoms with van der Waals surface area (Å²) in [6.45, 7) is 3.87. The number of fused-ring (bicyclic) bond motifs is 4. The van der Waals surface area contributed by atoms with Crippen molar-refractivity contribution in [3.8, 4) is 5.75 Å². The van der Waals surface area contributed by atoms with Crippen LogP contribution in [0.1, 0.15) is 52.7 Å². The molecule has 2 saturated heterocycles. The Kier molecular flexibility index (Phi) is 4.95. The number of hydrogen-bond acceptors (Lipinski definition) is 6. The highest BCUT2D eigenvalue weighted by molar-refractivity contribution is 6.05. The first-order valence-corrected chi connectivity index (χ1v) is 13.0. The molecule has 3 aromatic rings. The van der Waals surface area contributed by atoms with Crippen molar-refractivity contribution < 1.29 is 19.1 Å². The van der Waals surface area contributed by atoms with E-state index < -0.39 is 6.04 Å². The van der Waals surface area contributed by atoms with Crippen LogP contribution in [0.4, 0.5) is 0 Å². The van der Waals surface area contributed by atoms with E-state index in [2.05, 4.69) is 39.6 Å². The van der Waals surface area contributed by atoms with Crippen molar-refractivity contribution in [1.29, 1.82) is 0 Å². The largest absolute Gasteiger partial charge is 0.492 e. The zero-order valence-corrected chi connectivity index (χ0v) is 20.8. The number of benzene rings is 2. The van der Waals surface area contributed by atoms with Gasteiger partial charge in [-0.3, -0.25) is 29.3 Å². The monoisotopic (exact) mass is 499 g/mol. The number of ether oxygens (including phenoxy) is 1. The van der Waals surface area contributed by atoms with Gasteiger partial charge in [-0.05, 0) is 61.7 Å². The van der Waals surface area contributed by atoms with Crippen LogP contribution in [0.5, 0.6) is 5.75 Å². The second kappa shape index (κ2) is 8.14. The molecular weight excluding hydrogens is 470 g/mol. The summed E-state index contributed by atoms with van der Waals surface area (Å²) >= 11 is 0. The number of carbonyl (C=O) groups is 3. The van der Waals surface area contributed by atoms with Crippen molar-refractivity contribution in [1.82, 2.24) is 24.9 Å². The second-order valence-electron chi connectivity index (χ2n) is 10.9. The third-order valence-electron chi connectivity index (χ3n) is 8.79. The van der Waals surface area contributed by atoms with Crippen molar-refractivity contribution in [3.63, 3.8) is 0 Å². The van der Waals surface area contributed by atoms with Crippen molar-refractivity contribution >= 4 is 28.6 Å². The van der Waals surface area contributed by atoms with E-state index in [1.165, 1.54) is 16.5 Å². The summed E-state index contributed by atoms with van der Waals surface area (Å²) in [5.41, 5.74) is 5.16. The number of nitrogens with zero attached hydrogens (tertiary/aromatic N) is 4. The first-order chi connectivity index (χ1) is 17.9. The number of rotatable bonds is 3. The molecule has 0 radical (unpaired) electrons. The van der Waals surface area contributed by atoms with Crippen molar-refractivity contribution in [3.05, 3.63) is 58.8 Å². The Labute approximate surface area is 214 Å². The minimum Gasteiger partial charge on any atom is -0.492 e. The summed E-state index contributed by atoms with van der Waals surface area (Å²) in [5, 5.41) is 8.01. The van der Waals surface area contributed by atoms with Crippen LogP contribution in [0.15, 0.2) is 36.5 Å². The summed E-state index contributed by atoms with van der Waals surface area (Å²) in [5.74, 6) is -0.0164. The van der Waals surface area contributed by atoms with E-state index in [1.54, 1.807) is 4.90 Å². The molecule has 4 aliphatic rings. The van der Waals surface area contributed by atoms with Gasteiger partial charge in [-0.25, -0.2) is 0 Å². The molecule has 1 atom stereocenters. The maximum Gasteiger partial charge on any atom is 0.255 e. The van der Waals surface area contributed by atoms with Gasteiger partial charge in [0.25, 0.3) is 5.91 Å². The third-order valence-corrected chi connectivity index (χ3v) is 8.79. The zero-order valence-electron chi connectivity index (χ0n) is 20.8. The van der Waals surface area contributed by atoms with Gasteiger partial charge in [0.1, 0.15) is 11.8 Å². The summed E-state index contributed by atoms with van der Waals surface area (Å²) in [4.78, 5) is 41.3. The number of piperidine rings is 2. The molecule has 2 aromatic carbocycles. The molecule has 1 N–H and O–H groups in total. The molecule has 3 amide bonds. The highest BCUT2D eigenvalue weighted by Crippen LogP contribution is 2.48. The van der Waals surface area contributed by atoms with E-state index in [4.69, 9.17) is 4.74 Å². The van der Waals surface area contributed by atoms with Gasteiger partial charge < -0.3 is 9.64 Å². The fourth-order valence-corrected chi connectivity index (χ4v) is 6.59. The molecule has 0 saturated carbocycles. The lowest BCUT2D eigenvalue weighted by atomic mass is 9.73. The number of nitrogens with one attached hydrogen (secondary N) is 1. The van der Waals surface area contributed by atoms with Crippen molar-refractivity contribution in [2.45, 2.75) is 50.2 Å². The molecule has 5 heterocycles. The summed E-state index contributed by atoms with van der Waals surface area (Å²) < 4.78 is 8.09. The number of amides is 3. The predicted octanol–water partition coefficient (Wildman–Crippen LogP) is 2.26. The Bertz CT molecular complexity index is 1470. The number of aromatic nitrogens is 2. The highest BCUT2D eigenvalue weighted by Gasteiger charge is 2.46. The number of aryl methyl sites for hydroxylation is 1. The second-order valence-corrected chi connectivity index (χ2v) is 10.9. The van der Waals surface area contributed by atoms with Crippen LogP contribution >= 0.6 is 0 Å². The average Bonchev–Trinajstić information content (AvgIpc) is 3.54. The van der Waals surface area contributed by atoms with Gasteiger partial charge in [0.15, 0.2) is 0 Å². The Morgan fingerprint density at radius 3 is 2.81 bits per heavy atom. The Balaban J connectivity index is 1.09. The van der Waals surface area contributed by atoms with Gasteiger partial charge in [-0.15, -0.1) is 0 Å². The average molecular weight is 500 g/mol. The van der Waals surface area contributed by atoms with E-state index in [9.17, 15) is 14.4 Å². The molecule has 1 aromatic heterocycles. The standard InChI is InChI=1S/C28H29N5O4/c1-31-22-4-2-3-17(20(22)13-29-31)14-32-9-7-28(8-10-32)16-37-24-12-19-18(11-21(24)28)15-33(27(19)36)23-5-6-25(34)30-26(23)35/h2-4,11-13,23H,5-10,14-16H2,1H3,(H,30,34,35). The Morgan fingerprint density at radius 1 is 1.16 bits per heavy atom. The molecule has 1 spiro atoms. The Hall–Kier alpha value is -3.72. The molecule has 2 fully saturated rings. The molecule has 0 aliphatic carbocycles. The van der Waals surface area contributed by atoms with Crippen LogP contribution in [0.2, 0.25) is 0 Å². The number of carbonyl (C=O) groups excluding carboxylic acids is 3. The molecule has 9 nitrogen and oxygen atoms in total. The van der Waals surface area contributed by atoms with Crippen LogP contribution in [0, 0.1) is 0 Å². The first-order valence-electron chi connectivity index (χ1n) is 13.0. The van der Waals surface area contributed by atoms with Gasteiger partial charge in [0.05, 0.1) is 18.3 Å². The minimum atomic E-state index is -0.602. The predicted molar refractivity (Wildman–Crippen MR) is 135 cm³/mol. The van der Waals surface area contributed by atoms with E-state index in [-0.39, 0.29) is 29.6 Å². The molecule has 7 rings (SSSR count). The zero-order chi connectivity index (χ0) is 25.3. The topological polar surface area (TPSA) is 96.8 Å². The van der Waals surface area contributed by atoms with Crippen LogP contribution in [-0.4, -0.2) is 63.0 Å². The molecule has 1 unspecified atom stereocenters. The molecule has 190 valence electrons. The van der Waals surface area contributed by atoms with E-state index >= 15 is 0 Å². The number of likely N-dealkylation sites (tertiary alicyclic amines) is 1. The van der Waals surface area contributed by atoms with Crippen LogP contribution < -0.4 is 10.1 Å². The number of hydrogen-bond donors (Lipinski definition) is 1. The van der Waals surface area contributed by atoms with Crippen LogP contribution in [0.3, 0.4) is 0 Å². The summed E-state index contributed by atoms with van der Waals surface area (Å²) in [7, 11) is 1.97. The van der Waals surface area contributed by atoms with Gasteiger partial charge in [-0.2, -0.15) is 5.10 Å². The fraction of sp³-hybridized carbons (Fsp3) is 0.429. The lowest BCUT2D eigenvalue weighted by molar-refractivity contribution is -0.136. The van der Waals surface area contributed by atoms with E-state index in [0.29, 0.717) is 25.1 Å². The molecule has 9 heteroatoms. The Morgan fingerprint density at radius 2 is 2.00 bits per heavy atom. The smallest absolute Gasteiger partial charge is 0.255 e. The summed E-state index contributed by atoms with van der Waals surface area (Å²) in [6, 6.07) is 9.82. The first kappa shape index (κ1) is 22.5. The normalized spacial score (nSPS) is 22.9. The van der Waals surface area contributed by atoms with Crippen LogP contribution in [0.25, 0.3) is 10.9 Å². The third kappa shape index (κ3) is 3.48. The van der Waals surface area contributed by atoms with Gasteiger partial charge in [0, 0.05) is 48.5 Å². The SMILES string of the molecule is Cn1ncc2c(CN3CCC4(CC3)COc3cc5c(cc34)CN(C3CCC(=O)NC3=O)C5=O)cccc21. The van der Waals surface area contributed by atoms with E-state index in [0.717, 1.165) is 49.3 Å². The lowest BCUT2D eigenvalue weighted by Crippen LogP contribution is -2.52. The quantitative estimate of drug-likeness (QED) is 0.556. The van der Waals surface area contributed by atoms with Crippen LogP contribution in [-0.2, 0) is 35.1 Å². The maximum atomic E-state index is 13.2. The van der Waals surface area contributed by atoms with Gasteiger partial charge in [0.2, 0.25) is 11.8 Å². The molecule has 4 aliphatic heterocycles. The van der Waals surface area contributed by atoms with E-state index in [1.807, 2.05) is 24.0 Å².